The van der Waals surface area contributed by atoms with E-state index in [9.17, 15) is 0 Å². The SMILES string of the molecule is C#N.C#N.N=C=N. The number of nitrogens with one attached hydrogen (secondary N) is 2. The third-order valence-corrected chi connectivity index (χ3v) is 0. The maximum absolute atomic E-state index is 6.50. The van der Waals surface area contributed by atoms with Crippen molar-refractivity contribution in [1.29, 1.82) is 21.3 Å². The van der Waals surface area contributed by atoms with E-state index in [0.717, 1.165) is 0 Å². The van der Waals surface area contributed by atoms with Crippen molar-refractivity contribution in [1.82, 2.24) is 0 Å². The van der Waals surface area contributed by atoms with Crippen LogP contribution in [0.1, 0.15) is 0 Å². The summed E-state index contributed by atoms with van der Waals surface area (Å²) < 4.78 is 0. The number of nitrogens with zero attached hydrogens (tertiary/aromatic N) is 2. The molecule has 0 radical (unpaired) electrons. The topological polar surface area (TPSA) is 95.3 Å². The first-order chi connectivity index (χ1) is 3.41. The molecule has 0 aliphatic rings. The summed E-state index contributed by atoms with van der Waals surface area (Å²) in [5, 5.41) is 24.2. The lowest BCUT2D eigenvalue weighted by Gasteiger charge is -1.09. The van der Waals surface area contributed by atoms with Crippen LogP contribution in [-0.4, -0.2) is 6.01 Å². The van der Waals surface area contributed by atoms with Crippen molar-refractivity contribution < 1.29 is 0 Å². The minimum Gasteiger partial charge on any atom is -0.242 e. The second-order valence-electron chi connectivity index (χ2n) is 0.125. The fourth-order valence-electron chi connectivity index (χ4n) is 0. The third-order valence-electron chi connectivity index (χ3n) is 0. The van der Waals surface area contributed by atoms with Crippen LogP contribution in [0, 0.1) is 34.5 Å². The number of nitriles is 2. The Morgan fingerprint density at radius 2 is 1.00 bits per heavy atom. The zero-order valence-corrected chi connectivity index (χ0v) is 3.55. The van der Waals surface area contributed by atoms with Gasteiger partial charge in [0, 0.05) is 13.1 Å². The Morgan fingerprint density at radius 3 is 1.00 bits per heavy atom. The zero-order chi connectivity index (χ0) is 6.71. The van der Waals surface area contributed by atoms with Crippen molar-refractivity contribution in [2.24, 2.45) is 0 Å². The van der Waals surface area contributed by atoms with Gasteiger partial charge in [-0.05, 0) is 0 Å². The smallest absolute Gasteiger partial charge is 0.0831 e. The highest BCUT2D eigenvalue weighted by molar-refractivity contribution is 5.29. The monoisotopic (exact) mass is 96.0 g/mol. The minimum absolute atomic E-state index is 1.25. The molecular weight excluding hydrogens is 92.1 g/mol. The molecule has 0 fully saturated rings. The Bertz CT molecular complexity index is 67.4. The van der Waals surface area contributed by atoms with Crippen LogP contribution < -0.4 is 0 Å². The molecule has 0 amide bonds. The van der Waals surface area contributed by atoms with E-state index in [-0.39, 0.29) is 0 Å². The summed E-state index contributed by atoms with van der Waals surface area (Å²) >= 11 is 0. The van der Waals surface area contributed by atoms with Gasteiger partial charge in [-0.25, -0.2) is 21.3 Å². The normalized spacial score (nSPS) is 1.71. The Hall–Kier alpha value is -1.64. The molecule has 36 valence electrons. The maximum atomic E-state index is 6.50. The molecule has 0 aliphatic carbocycles. The molecule has 0 aromatic carbocycles. The molecule has 4 nitrogen and oxygen atoms in total. The van der Waals surface area contributed by atoms with E-state index in [1.807, 2.05) is 0 Å². The van der Waals surface area contributed by atoms with Crippen LogP contribution in [0.4, 0.5) is 0 Å². The van der Waals surface area contributed by atoms with Crippen LogP contribution >= 0.6 is 0 Å². The van der Waals surface area contributed by atoms with Crippen LogP contribution in [0.3, 0.4) is 0 Å². The summed E-state index contributed by atoms with van der Waals surface area (Å²) in [5.41, 5.74) is 0. The van der Waals surface area contributed by atoms with Crippen molar-refractivity contribution in [3.8, 4) is 13.1 Å². The summed E-state index contributed by atoms with van der Waals surface area (Å²) in [7, 11) is 0. The molecule has 0 aromatic heterocycles. The Kier molecular flexibility index (Phi) is 314. The highest BCUT2D eigenvalue weighted by Gasteiger charge is 0.934. The summed E-state index contributed by atoms with van der Waals surface area (Å²) in [6, 6.07) is 1.25. The summed E-state index contributed by atoms with van der Waals surface area (Å²) in [4.78, 5) is 0. The maximum Gasteiger partial charge on any atom is 0.0831 e. The summed E-state index contributed by atoms with van der Waals surface area (Å²) in [6.45, 7) is 7.00. The molecular formula is C3H4N4. The van der Waals surface area contributed by atoms with Crippen LogP contribution in [0.2, 0.25) is 0 Å². The number of hydrogen-bond acceptors (Lipinski definition) is 4. The largest absolute Gasteiger partial charge is 0.242 e. The van der Waals surface area contributed by atoms with Crippen molar-refractivity contribution in [3.63, 3.8) is 0 Å². The van der Waals surface area contributed by atoms with Gasteiger partial charge in [0.05, 0.1) is 6.01 Å². The molecule has 4 heteroatoms. The average molecular weight is 96.1 g/mol. The predicted octanol–water partition coefficient (Wildman–Crippen LogP) is 0.597. The summed E-state index contributed by atoms with van der Waals surface area (Å²) in [6.07, 6.45) is 0. The molecule has 0 spiro atoms. The molecule has 0 unspecified atom stereocenters. The number of hydrogen-bond donors (Lipinski definition) is 2. The van der Waals surface area contributed by atoms with Gasteiger partial charge >= 0.3 is 0 Å². The first-order valence-electron chi connectivity index (χ1n) is 1.02. The molecule has 0 aromatic rings. The van der Waals surface area contributed by atoms with Crippen molar-refractivity contribution >= 4 is 6.01 Å². The fourth-order valence-corrected chi connectivity index (χ4v) is 0. The highest BCUT2D eigenvalue weighted by Crippen LogP contribution is 0.920. The minimum atomic E-state index is 1.25. The Labute approximate surface area is 41.6 Å². The molecule has 0 bridgehead atoms. The highest BCUT2D eigenvalue weighted by atomic mass is 14.4. The second-order valence-corrected chi connectivity index (χ2v) is 0.125. The molecule has 0 saturated carbocycles. The van der Waals surface area contributed by atoms with Gasteiger partial charge in [-0.1, -0.05) is 0 Å². The molecule has 0 atom stereocenters. The van der Waals surface area contributed by atoms with Crippen LogP contribution in [-0.2, 0) is 0 Å². The molecule has 0 rings (SSSR count). The van der Waals surface area contributed by atoms with Gasteiger partial charge in [-0.3, -0.25) is 0 Å². The second kappa shape index (κ2) is 120. The van der Waals surface area contributed by atoms with Crippen molar-refractivity contribution in [2.75, 3.05) is 0 Å². The fraction of sp³-hybridized carbons (Fsp3) is 0. The van der Waals surface area contributed by atoms with Gasteiger partial charge in [-0.15, -0.1) is 0 Å². The zero-order valence-electron chi connectivity index (χ0n) is 3.55. The lowest BCUT2D eigenvalue weighted by Crippen LogP contribution is -1.11. The van der Waals surface area contributed by atoms with Crippen molar-refractivity contribution in [3.05, 3.63) is 0 Å². The predicted molar refractivity (Wildman–Crippen MR) is 23.8 cm³/mol. The molecule has 0 aliphatic heterocycles. The standard InChI is InChI=1S/CH2N2.2CHN/c2-1-3;2*1-2/h2-3H;2*1H. The van der Waals surface area contributed by atoms with E-state index in [1.54, 1.807) is 0 Å². The quantitative estimate of drug-likeness (QED) is 0.432. The van der Waals surface area contributed by atoms with Gasteiger partial charge in [0.15, 0.2) is 0 Å². The van der Waals surface area contributed by atoms with E-state index >= 15 is 0 Å². The Morgan fingerprint density at radius 1 is 1.00 bits per heavy atom. The number of rotatable bonds is 0. The summed E-state index contributed by atoms with van der Waals surface area (Å²) in [5.74, 6) is 0. The average Bonchev–Trinajstić information content (AvgIpc) is 1.78. The molecule has 2 N–H and O–H groups in total. The van der Waals surface area contributed by atoms with E-state index in [4.69, 9.17) is 21.3 Å². The first kappa shape index (κ1) is 18.3. The third kappa shape index (κ3) is 9.03. The van der Waals surface area contributed by atoms with Gasteiger partial charge in [0.25, 0.3) is 0 Å². The van der Waals surface area contributed by atoms with Crippen LogP contribution in [0.5, 0.6) is 0 Å². The lowest BCUT2D eigenvalue weighted by atomic mass is 11.6. The van der Waals surface area contributed by atoms with Crippen molar-refractivity contribution in [2.45, 2.75) is 0 Å². The first-order valence-corrected chi connectivity index (χ1v) is 1.02. The molecule has 0 saturated heterocycles. The lowest BCUT2D eigenvalue weighted by molar-refractivity contribution is 1.47. The van der Waals surface area contributed by atoms with Crippen LogP contribution in [0.15, 0.2) is 0 Å². The van der Waals surface area contributed by atoms with Crippen LogP contribution in [0.25, 0.3) is 0 Å². The van der Waals surface area contributed by atoms with E-state index in [1.165, 1.54) is 6.01 Å². The molecule has 7 heavy (non-hydrogen) atoms. The van der Waals surface area contributed by atoms with Gasteiger partial charge < -0.3 is 0 Å². The van der Waals surface area contributed by atoms with Gasteiger partial charge in [0.1, 0.15) is 0 Å². The van der Waals surface area contributed by atoms with Gasteiger partial charge in [-0.2, -0.15) is 0 Å². The van der Waals surface area contributed by atoms with E-state index < -0.39 is 0 Å². The molecule has 0 heterocycles. The van der Waals surface area contributed by atoms with E-state index in [2.05, 4.69) is 13.1 Å². The van der Waals surface area contributed by atoms with E-state index in [0.29, 0.717) is 0 Å². The van der Waals surface area contributed by atoms with Gasteiger partial charge in [0.2, 0.25) is 0 Å². The Balaban J connectivity index is -0.0000000360.